The standard InChI is InChI=1S/C13H22O2/c1-2-3-4-5-6-7-8-9-12-10-13(14)15-11-12/h4-5,12H,2-3,6-11H2,1H3/b5-4-. The second-order valence-electron chi connectivity index (χ2n) is 4.30. The molecule has 0 saturated carbocycles. The molecule has 1 saturated heterocycles. The summed E-state index contributed by atoms with van der Waals surface area (Å²) < 4.78 is 4.92. The minimum atomic E-state index is -0.0113. The summed E-state index contributed by atoms with van der Waals surface area (Å²) in [5.41, 5.74) is 0. The topological polar surface area (TPSA) is 26.3 Å². The van der Waals surface area contributed by atoms with Gasteiger partial charge in [-0.3, -0.25) is 4.79 Å². The van der Waals surface area contributed by atoms with Crippen LogP contribution in [0.1, 0.15) is 51.9 Å². The van der Waals surface area contributed by atoms with Crippen LogP contribution in [0.2, 0.25) is 0 Å². The lowest BCUT2D eigenvalue weighted by atomic mass is 10.0. The van der Waals surface area contributed by atoms with Gasteiger partial charge in [-0.25, -0.2) is 0 Å². The lowest BCUT2D eigenvalue weighted by molar-refractivity contribution is -0.137. The van der Waals surface area contributed by atoms with Gasteiger partial charge >= 0.3 is 5.97 Å². The fourth-order valence-corrected chi connectivity index (χ4v) is 1.85. The van der Waals surface area contributed by atoms with Crippen LogP contribution < -0.4 is 0 Å². The first-order chi connectivity index (χ1) is 7.33. The van der Waals surface area contributed by atoms with Crippen LogP contribution in [-0.2, 0) is 9.53 Å². The van der Waals surface area contributed by atoms with Crippen LogP contribution in [-0.4, -0.2) is 12.6 Å². The maximum atomic E-state index is 10.8. The highest BCUT2D eigenvalue weighted by Crippen LogP contribution is 2.20. The number of rotatable bonds is 7. The van der Waals surface area contributed by atoms with Crippen molar-refractivity contribution in [3.63, 3.8) is 0 Å². The first kappa shape index (κ1) is 12.3. The molecule has 86 valence electrons. The fraction of sp³-hybridized carbons (Fsp3) is 0.769. The number of carbonyl (C=O) groups is 1. The molecule has 1 fully saturated rings. The van der Waals surface area contributed by atoms with Gasteiger partial charge in [0.1, 0.15) is 0 Å². The van der Waals surface area contributed by atoms with E-state index < -0.39 is 0 Å². The first-order valence-electron chi connectivity index (χ1n) is 6.13. The molecule has 1 atom stereocenters. The van der Waals surface area contributed by atoms with Gasteiger partial charge in [-0.2, -0.15) is 0 Å². The average Bonchev–Trinajstić information content (AvgIpc) is 2.63. The van der Waals surface area contributed by atoms with Gasteiger partial charge in [0.2, 0.25) is 0 Å². The smallest absolute Gasteiger partial charge is 0.306 e. The molecule has 0 bridgehead atoms. The van der Waals surface area contributed by atoms with Crippen LogP contribution in [0.4, 0.5) is 0 Å². The molecule has 0 aromatic carbocycles. The molecule has 0 N–H and O–H groups in total. The van der Waals surface area contributed by atoms with E-state index in [1.807, 2.05) is 0 Å². The molecule has 1 unspecified atom stereocenters. The van der Waals surface area contributed by atoms with Gasteiger partial charge in [0, 0.05) is 5.92 Å². The maximum Gasteiger partial charge on any atom is 0.306 e. The van der Waals surface area contributed by atoms with Gasteiger partial charge < -0.3 is 4.74 Å². The zero-order chi connectivity index (χ0) is 10.9. The largest absolute Gasteiger partial charge is 0.465 e. The van der Waals surface area contributed by atoms with E-state index in [1.54, 1.807) is 0 Å². The molecule has 1 heterocycles. The van der Waals surface area contributed by atoms with Crippen LogP contribution in [0.15, 0.2) is 12.2 Å². The normalized spacial score (nSPS) is 21.1. The molecule has 1 rings (SSSR count). The summed E-state index contributed by atoms with van der Waals surface area (Å²) in [6.07, 6.45) is 12.4. The molecule has 0 aromatic rings. The minimum Gasteiger partial charge on any atom is -0.465 e. The van der Waals surface area contributed by atoms with Gasteiger partial charge in [-0.1, -0.05) is 31.9 Å². The molecular formula is C13H22O2. The number of unbranched alkanes of at least 4 members (excludes halogenated alkanes) is 3. The van der Waals surface area contributed by atoms with Crippen molar-refractivity contribution in [3.8, 4) is 0 Å². The van der Waals surface area contributed by atoms with Gasteiger partial charge in [-0.05, 0) is 25.7 Å². The molecule has 1 aliphatic rings. The van der Waals surface area contributed by atoms with Gasteiger partial charge in [0.05, 0.1) is 13.0 Å². The van der Waals surface area contributed by atoms with Crippen molar-refractivity contribution in [2.75, 3.05) is 6.61 Å². The number of hydrogen-bond acceptors (Lipinski definition) is 2. The zero-order valence-corrected chi connectivity index (χ0v) is 9.71. The highest BCUT2D eigenvalue weighted by Gasteiger charge is 2.22. The van der Waals surface area contributed by atoms with Crippen LogP contribution >= 0.6 is 0 Å². The van der Waals surface area contributed by atoms with E-state index in [9.17, 15) is 4.79 Å². The monoisotopic (exact) mass is 210 g/mol. The molecule has 0 spiro atoms. The van der Waals surface area contributed by atoms with Crippen molar-refractivity contribution in [3.05, 3.63) is 12.2 Å². The Labute approximate surface area is 92.7 Å². The maximum absolute atomic E-state index is 10.8. The lowest BCUT2D eigenvalue weighted by Gasteiger charge is -2.03. The highest BCUT2D eigenvalue weighted by molar-refractivity contribution is 5.71. The number of allylic oxidation sites excluding steroid dienone is 2. The predicted molar refractivity (Wildman–Crippen MR) is 61.6 cm³/mol. The third-order valence-electron chi connectivity index (χ3n) is 2.79. The Bertz CT molecular complexity index is 209. The zero-order valence-electron chi connectivity index (χ0n) is 9.71. The van der Waals surface area contributed by atoms with Crippen molar-refractivity contribution in [1.82, 2.24) is 0 Å². The van der Waals surface area contributed by atoms with Crippen molar-refractivity contribution in [2.45, 2.75) is 51.9 Å². The van der Waals surface area contributed by atoms with Gasteiger partial charge in [0.15, 0.2) is 0 Å². The molecular weight excluding hydrogens is 188 g/mol. The molecule has 0 radical (unpaired) electrons. The summed E-state index contributed by atoms with van der Waals surface area (Å²) in [5, 5.41) is 0. The molecule has 2 heteroatoms. The Balaban J connectivity index is 1.91. The van der Waals surface area contributed by atoms with Crippen molar-refractivity contribution in [2.24, 2.45) is 5.92 Å². The summed E-state index contributed by atoms with van der Waals surface area (Å²) in [7, 11) is 0. The van der Waals surface area contributed by atoms with Crippen LogP contribution in [0.3, 0.4) is 0 Å². The lowest BCUT2D eigenvalue weighted by Crippen LogP contribution is -1.98. The molecule has 15 heavy (non-hydrogen) atoms. The van der Waals surface area contributed by atoms with E-state index in [0.717, 1.165) is 6.42 Å². The Morgan fingerprint density at radius 1 is 1.33 bits per heavy atom. The van der Waals surface area contributed by atoms with E-state index in [0.29, 0.717) is 18.9 Å². The summed E-state index contributed by atoms with van der Waals surface area (Å²) >= 11 is 0. The number of esters is 1. The fourth-order valence-electron chi connectivity index (χ4n) is 1.85. The Morgan fingerprint density at radius 3 is 2.80 bits per heavy atom. The number of hydrogen-bond donors (Lipinski definition) is 0. The second kappa shape index (κ2) is 7.49. The third kappa shape index (κ3) is 5.60. The van der Waals surface area contributed by atoms with E-state index in [1.165, 1.54) is 32.1 Å². The van der Waals surface area contributed by atoms with Gasteiger partial charge in [0.25, 0.3) is 0 Å². The Kier molecular flexibility index (Phi) is 6.14. The summed E-state index contributed by atoms with van der Waals surface area (Å²) in [6, 6.07) is 0. The first-order valence-corrected chi connectivity index (χ1v) is 6.13. The van der Waals surface area contributed by atoms with Crippen molar-refractivity contribution in [1.29, 1.82) is 0 Å². The van der Waals surface area contributed by atoms with Crippen molar-refractivity contribution >= 4 is 5.97 Å². The Morgan fingerprint density at radius 2 is 2.13 bits per heavy atom. The number of ether oxygens (including phenoxy) is 1. The van der Waals surface area contributed by atoms with Gasteiger partial charge in [-0.15, -0.1) is 0 Å². The highest BCUT2D eigenvalue weighted by atomic mass is 16.5. The Hall–Kier alpha value is -0.790. The van der Waals surface area contributed by atoms with E-state index in [4.69, 9.17) is 4.74 Å². The summed E-state index contributed by atoms with van der Waals surface area (Å²) in [6.45, 7) is 2.85. The number of cyclic esters (lactones) is 1. The molecule has 0 aromatic heterocycles. The number of carbonyl (C=O) groups excluding carboxylic acids is 1. The van der Waals surface area contributed by atoms with E-state index >= 15 is 0 Å². The average molecular weight is 210 g/mol. The molecule has 2 nitrogen and oxygen atoms in total. The SMILES string of the molecule is CCC/C=C\CCCCC1COC(=O)C1. The van der Waals surface area contributed by atoms with Crippen LogP contribution in [0.5, 0.6) is 0 Å². The third-order valence-corrected chi connectivity index (χ3v) is 2.79. The van der Waals surface area contributed by atoms with Crippen molar-refractivity contribution < 1.29 is 9.53 Å². The van der Waals surface area contributed by atoms with Crippen LogP contribution in [0.25, 0.3) is 0 Å². The second-order valence-corrected chi connectivity index (χ2v) is 4.30. The van der Waals surface area contributed by atoms with Crippen LogP contribution in [0, 0.1) is 5.92 Å². The quantitative estimate of drug-likeness (QED) is 0.365. The summed E-state index contributed by atoms with van der Waals surface area (Å²) in [4.78, 5) is 10.8. The minimum absolute atomic E-state index is 0.0113. The van der Waals surface area contributed by atoms with E-state index in [2.05, 4.69) is 19.1 Å². The predicted octanol–water partition coefficient (Wildman–Crippen LogP) is 3.47. The molecule has 1 aliphatic heterocycles. The molecule has 0 aliphatic carbocycles. The molecule has 0 amide bonds. The summed E-state index contributed by atoms with van der Waals surface area (Å²) in [5.74, 6) is 0.486. The van der Waals surface area contributed by atoms with E-state index in [-0.39, 0.29) is 5.97 Å².